The van der Waals surface area contributed by atoms with Gasteiger partial charge in [0.1, 0.15) is 5.01 Å². The van der Waals surface area contributed by atoms with Crippen molar-refractivity contribution in [1.82, 2.24) is 9.88 Å². The van der Waals surface area contributed by atoms with Crippen LogP contribution >= 0.6 is 11.3 Å². The number of nitrogens with zero attached hydrogens (tertiary/aromatic N) is 3. The average Bonchev–Trinajstić information content (AvgIpc) is 3.22. The van der Waals surface area contributed by atoms with Crippen LogP contribution in [0.5, 0.6) is 0 Å². The van der Waals surface area contributed by atoms with E-state index in [4.69, 9.17) is 0 Å². The zero-order chi connectivity index (χ0) is 23.6. The van der Waals surface area contributed by atoms with Gasteiger partial charge in [-0.3, -0.25) is 9.10 Å². The zero-order valence-electron chi connectivity index (χ0n) is 18.7. The molecule has 0 spiro atoms. The number of benzene rings is 3. The number of hydrogen-bond acceptors (Lipinski definition) is 5. The van der Waals surface area contributed by atoms with Gasteiger partial charge in [-0.2, -0.15) is 0 Å². The maximum atomic E-state index is 13.5. The second-order valence-electron chi connectivity index (χ2n) is 7.72. The molecule has 0 fully saturated rings. The van der Waals surface area contributed by atoms with Crippen molar-refractivity contribution in [2.24, 2.45) is 0 Å². The van der Waals surface area contributed by atoms with Gasteiger partial charge in [0.15, 0.2) is 0 Å². The molecule has 4 aromatic rings. The highest BCUT2D eigenvalue weighted by Crippen LogP contribution is 2.27. The predicted molar refractivity (Wildman–Crippen MR) is 133 cm³/mol. The number of aromatic nitrogens is 1. The van der Waals surface area contributed by atoms with Gasteiger partial charge in [-0.05, 0) is 55.8 Å². The number of carbonyl (C=O) groups excluding carboxylic acids is 1. The standard InChI is InChI=1S/C25H25N3O3S2/c1-4-28(20-10-6-5-7-11-20)33(30,31)23-16-19(15-14-18(23)2)25(29)27(3)17-24-26-21-12-8-9-13-22(21)32-24/h5-16H,4,17H2,1-3H3. The highest BCUT2D eigenvalue weighted by molar-refractivity contribution is 7.92. The van der Waals surface area contributed by atoms with E-state index in [1.807, 2.05) is 30.3 Å². The highest BCUT2D eigenvalue weighted by Gasteiger charge is 2.27. The molecule has 1 aromatic heterocycles. The first-order valence-electron chi connectivity index (χ1n) is 10.6. The quantitative estimate of drug-likeness (QED) is 0.370. The lowest BCUT2D eigenvalue weighted by Gasteiger charge is -2.24. The van der Waals surface area contributed by atoms with E-state index in [9.17, 15) is 13.2 Å². The number of carbonyl (C=O) groups is 1. The monoisotopic (exact) mass is 479 g/mol. The lowest BCUT2D eigenvalue weighted by atomic mass is 10.1. The van der Waals surface area contributed by atoms with Gasteiger partial charge in [-0.1, -0.05) is 36.4 Å². The van der Waals surface area contributed by atoms with Gasteiger partial charge in [-0.25, -0.2) is 13.4 Å². The minimum Gasteiger partial charge on any atom is -0.335 e. The molecule has 0 saturated carbocycles. The Kier molecular flexibility index (Phi) is 6.49. The molecule has 1 amide bonds. The Bertz CT molecular complexity index is 1370. The Morgan fingerprint density at radius 2 is 1.70 bits per heavy atom. The molecule has 6 nitrogen and oxygen atoms in total. The summed E-state index contributed by atoms with van der Waals surface area (Å²) < 4.78 is 29.4. The molecular weight excluding hydrogens is 454 g/mol. The summed E-state index contributed by atoms with van der Waals surface area (Å²) in [6.45, 7) is 4.16. The van der Waals surface area contributed by atoms with E-state index < -0.39 is 10.0 Å². The van der Waals surface area contributed by atoms with Gasteiger partial charge in [0.25, 0.3) is 15.9 Å². The lowest BCUT2D eigenvalue weighted by Crippen LogP contribution is -2.32. The number of rotatable bonds is 7. The van der Waals surface area contributed by atoms with Gasteiger partial charge in [-0.15, -0.1) is 11.3 Å². The smallest absolute Gasteiger partial charge is 0.264 e. The largest absolute Gasteiger partial charge is 0.335 e. The molecule has 33 heavy (non-hydrogen) atoms. The van der Waals surface area contributed by atoms with Crippen molar-refractivity contribution in [1.29, 1.82) is 0 Å². The van der Waals surface area contributed by atoms with Crippen molar-refractivity contribution in [3.05, 3.63) is 88.9 Å². The first-order chi connectivity index (χ1) is 15.8. The third kappa shape index (κ3) is 4.62. The first-order valence-corrected chi connectivity index (χ1v) is 12.8. The van der Waals surface area contributed by atoms with Crippen molar-refractivity contribution >= 4 is 43.2 Å². The second kappa shape index (κ2) is 9.33. The maximum Gasteiger partial charge on any atom is 0.264 e. The van der Waals surface area contributed by atoms with E-state index in [0.29, 0.717) is 23.4 Å². The first kappa shape index (κ1) is 22.9. The molecule has 3 aromatic carbocycles. The molecule has 0 atom stereocenters. The molecule has 170 valence electrons. The summed E-state index contributed by atoms with van der Waals surface area (Å²) in [4.78, 5) is 19.4. The fraction of sp³-hybridized carbons (Fsp3) is 0.200. The van der Waals surface area contributed by atoms with Crippen LogP contribution in [0.1, 0.15) is 27.9 Å². The molecule has 0 saturated heterocycles. The minimum atomic E-state index is -3.84. The molecule has 0 aliphatic carbocycles. The zero-order valence-corrected chi connectivity index (χ0v) is 20.4. The van der Waals surface area contributed by atoms with Crippen LogP contribution in [0, 0.1) is 6.92 Å². The third-order valence-corrected chi connectivity index (χ3v) is 8.46. The molecule has 1 heterocycles. The van der Waals surface area contributed by atoms with Crippen LogP contribution in [-0.4, -0.2) is 37.8 Å². The molecule has 0 unspecified atom stereocenters. The van der Waals surface area contributed by atoms with Gasteiger partial charge >= 0.3 is 0 Å². The number of anilines is 1. The number of thiazole rings is 1. The van der Waals surface area contributed by atoms with Gasteiger partial charge in [0.2, 0.25) is 0 Å². The van der Waals surface area contributed by atoms with Gasteiger partial charge in [0, 0.05) is 19.2 Å². The van der Waals surface area contributed by atoms with Crippen molar-refractivity contribution in [3.63, 3.8) is 0 Å². The number of sulfonamides is 1. The lowest BCUT2D eigenvalue weighted by molar-refractivity contribution is 0.0785. The number of amides is 1. The summed E-state index contributed by atoms with van der Waals surface area (Å²) in [5, 5.41) is 0.827. The Balaban J connectivity index is 1.62. The van der Waals surface area contributed by atoms with E-state index in [0.717, 1.165) is 15.2 Å². The van der Waals surface area contributed by atoms with Gasteiger partial charge < -0.3 is 4.90 Å². The summed E-state index contributed by atoms with van der Waals surface area (Å²) in [6, 6.07) is 21.6. The Hall–Kier alpha value is -3.23. The van der Waals surface area contributed by atoms with Crippen LogP contribution in [0.15, 0.2) is 77.7 Å². The van der Waals surface area contributed by atoms with Crippen molar-refractivity contribution in [2.45, 2.75) is 25.3 Å². The number of fused-ring (bicyclic) bond motifs is 1. The Morgan fingerprint density at radius 1 is 1.00 bits per heavy atom. The van der Waals surface area contributed by atoms with Crippen LogP contribution in [0.25, 0.3) is 10.2 Å². The fourth-order valence-electron chi connectivity index (χ4n) is 3.70. The van der Waals surface area contributed by atoms with E-state index in [-0.39, 0.29) is 17.3 Å². The summed E-state index contributed by atoms with van der Waals surface area (Å²) in [5.74, 6) is -0.256. The SMILES string of the molecule is CCN(c1ccccc1)S(=O)(=O)c1cc(C(=O)N(C)Cc2nc3ccccc3s2)ccc1C. The molecular formula is C25H25N3O3S2. The fourth-order valence-corrected chi connectivity index (χ4v) is 6.45. The summed E-state index contributed by atoms with van der Waals surface area (Å²) in [5.41, 5.74) is 2.41. The molecule has 0 aliphatic heterocycles. The summed E-state index contributed by atoms with van der Waals surface area (Å²) in [6.07, 6.45) is 0. The molecule has 8 heteroatoms. The van der Waals surface area contributed by atoms with E-state index in [1.54, 1.807) is 73.5 Å². The Labute approximate surface area is 198 Å². The molecule has 4 rings (SSSR count). The van der Waals surface area contributed by atoms with Crippen LogP contribution in [0.2, 0.25) is 0 Å². The average molecular weight is 480 g/mol. The molecule has 0 bridgehead atoms. The van der Waals surface area contributed by atoms with E-state index >= 15 is 0 Å². The Morgan fingerprint density at radius 3 is 2.39 bits per heavy atom. The number of hydrogen-bond donors (Lipinski definition) is 0. The third-order valence-electron chi connectivity index (χ3n) is 5.39. The summed E-state index contributed by atoms with van der Waals surface area (Å²) >= 11 is 1.55. The van der Waals surface area contributed by atoms with E-state index in [2.05, 4.69) is 4.98 Å². The topological polar surface area (TPSA) is 70.6 Å². The predicted octanol–water partition coefficient (Wildman–Crippen LogP) is 5.09. The van der Waals surface area contributed by atoms with Crippen LogP contribution in [0.4, 0.5) is 5.69 Å². The van der Waals surface area contributed by atoms with Crippen LogP contribution < -0.4 is 4.31 Å². The minimum absolute atomic E-state index is 0.132. The molecule has 0 radical (unpaired) electrons. The van der Waals surface area contributed by atoms with Crippen LogP contribution in [-0.2, 0) is 16.6 Å². The van der Waals surface area contributed by atoms with Crippen molar-refractivity contribution in [2.75, 3.05) is 17.9 Å². The maximum absolute atomic E-state index is 13.5. The van der Waals surface area contributed by atoms with Crippen molar-refractivity contribution < 1.29 is 13.2 Å². The normalized spacial score (nSPS) is 11.5. The second-order valence-corrected chi connectivity index (χ2v) is 10.7. The highest BCUT2D eigenvalue weighted by atomic mass is 32.2. The van der Waals surface area contributed by atoms with Gasteiger partial charge in [0.05, 0.1) is 27.3 Å². The van der Waals surface area contributed by atoms with Crippen molar-refractivity contribution in [3.8, 4) is 0 Å². The number of para-hydroxylation sites is 2. The number of aryl methyl sites for hydroxylation is 1. The summed E-state index contributed by atoms with van der Waals surface area (Å²) in [7, 11) is -2.14. The van der Waals surface area contributed by atoms with Crippen LogP contribution in [0.3, 0.4) is 0 Å². The van der Waals surface area contributed by atoms with E-state index in [1.165, 1.54) is 10.4 Å². The molecule has 0 aliphatic rings. The molecule has 0 N–H and O–H groups in total.